The number of carbonyl (C=O) groups is 2. The summed E-state index contributed by atoms with van der Waals surface area (Å²) in [5.41, 5.74) is 6.74. The van der Waals surface area contributed by atoms with Gasteiger partial charge in [0.15, 0.2) is 5.54 Å². The van der Waals surface area contributed by atoms with Crippen LogP contribution in [-0.4, -0.2) is 47.8 Å². The molecule has 0 aromatic carbocycles. The predicted octanol–water partition coefficient (Wildman–Crippen LogP) is 2.49. The molecule has 1 rings (SSSR count). The summed E-state index contributed by atoms with van der Waals surface area (Å²) < 4.78 is 10.3. The van der Waals surface area contributed by atoms with Gasteiger partial charge in [-0.3, -0.25) is 4.79 Å². The highest BCUT2D eigenvalue weighted by atomic mass is 16.6. The third-order valence-corrected chi connectivity index (χ3v) is 3.25. The molecule has 0 aromatic heterocycles. The Kier molecular flexibility index (Phi) is 5.06. The average Bonchev–Trinajstić information content (AvgIpc) is 2.67. The van der Waals surface area contributed by atoms with E-state index in [1.807, 2.05) is 0 Å². The van der Waals surface area contributed by atoms with Gasteiger partial charge < -0.3 is 14.4 Å². The standard InChI is InChI=1S/C13H22N4O4/c1-6-20-10(18)13(15-16-14)8-17(7-9(13)2)11(19)21-12(3,4)5/h9H,6-8H2,1-5H3/t9-,13-/m0/s1. The molecule has 0 aliphatic carbocycles. The van der Waals surface area contributed by atoms with Crippen molar-refractivity contribution >= 4 is 12.1 Å². The average molecular weight is 298 g/mol. The molecule has 0 bridgehead atoms. The lowest BCUT2D eigenvalue weighted by atomic mass is 9.89. The molecule has 1 saturated heterocycles. The van der Waals surface area contributed by atoms with Crippen LogP contribution < -0.4 is 0 Å². The Balaban J connectivity index is 2.97. The first-order chi connectivity index (χ1) is 9.66. The molecule has 1 heterocycles. The normalized spacial score (nSPS) is 25.2. The number of carbonyl (C=O) groups excluding carboxylic acids is 2. The van der Waals surface area contributed by atoms with Crippen molar-refractivity contribution in [3.05, 3.63) is 10.4 Å². The third-order valence-electron chi connectivity index (χ3n) is 3.25. The highest BCUT2D eigenvalue weighted by Gasteiger charge is 2.53. The number of hydrogen-bond donors (Lipinski definition) is 0. The summed E-state index contributed by atoms with van der Waals surface area (Å²) in [6, 6.07) is 0. The van der Waals surface area contributed by atoms with Crippen molar-refractivity contribution in [1.29, 1.82) is 0 Å². The molecule has 0 unspecified atom stereocenters. The molecule has 1 fully saturated rings. The summed E-state index contributed by atoms with van der Waals surface area (Å²) in [4.78, 5) is 28.4. The van der Waals surface area contributed by atoms with E-state index < -0.39 is 23.2 Å². The van der Waals surface area contributed by atoms with Gasteiger partial charge >= 0.3 is 12.1 Å². The van der Waals surface area contributed by atoms with Crippen molar-refractivity contribution in [2.45, 2.75) is 45.8 Å². The van der Waals surface area contributed by atoms with Gasteiger partial charge in [0.1, 0.15) is 5.60 Å². The van der Waals surface area contributed by atoms with Crippen LogP contribution in [0.3, 0.4) is 0 Å². The number of esters is 1. The summed E-state index contributed by atoms with van der Waals surface area (Å²) in [7, 11) is 0. The van der Waals surface area contributed by atoms with Crippen molar-refractivity contribution < 1.29 is 19.1 Å². The Morgan fingerprint density at radius 3 is 2.57 bits per heavy atom. The molecule has 0 radical (unpaired) electrons. The summed E-state index contributed by atoms with van der Waals surface area (Å²) in [5.74, 6) is -0.957. The second kappa shape index (κ2) is 6.22. The minimum atomic E-state index is -1.39. The van der Waals surface area contributed by atoms with Crippen LogP contribution in [0, 0.1) is 5.92 Å². The molecule has 0 N–H and O–H groups in total. The molecule has 0 saturated carbocycles. The van der Waals surface area contributed by atoms with Gasteiger partial charge in [0, 0.05) is 18.0 Å². The van der Waals surface area contributed by atoms with Crippen molar-refractivity contribution in [2.24, 2.45) is 11.0 Å². The topological polar surface area (TPSA) is 105 Å². The first-order valence-corrected chi connectivity index (χ1v) is 6.87. The first kappa shape index (κ1) is 17.1. The van der Waals surface area contributed by atoms with Crippen LogP contribution in [0.1, 0.15) is 34.6 Å². The van der Waals surface area contributed by atoms with Crippen molar-refractivity contribution in [2.75, 3.05) is 19.7 Å². The number of ether oxygens (including phenoxy) is 2. The molecule has 2 atom stereocenters. The van der Waals surface area contributed by atoms with E-state index in [0.717, 1.165) is 0 Å². The minimum Gasteiger partial charge on any atom is -0.465 e. The molecule has 8 heteroatoms. The predicted molar refractivity (Wildman–Crippen MR) is 75.5 cm³/mol. The first-order valence-electron chi connectivity index (χ1n) is 6.87. The van der Waals surface area contributed by atoms with Crippen LogP contribution >= 0.6 is 0 Å². The maximum atomic E-state index is 12.2. The Morgan fingerprint density at radius 2 is 2.10 bits per heavy atom. The number of likely N-dealkylation sites (tertiary alicyclic amines) is 1. The molecule has 0 spiro atoms. The zero-order valence-corrected chi connectivity index (χ0v) is 13.1. The van der Waals surface area contributed by atoms with Gasteiger partial charge in [-0.25, -0.2) is 4.79 Å². The second-order valence-electron chi connectivity index (χ2n) is 6.10. The van der Waals surface area contributed by atoms with E-state index in [4.69, 9.17) is 15.0 Å². The maximum absolute atomic E-state index is 12.2. The number of nitrogens with zero attached hydrogens (tertiary/aromatic N) is 4. The van der Waals surface area contributed by atoms with Crippen LogP contribution in [0.25, 0.3) is 10.4 Å². The summed E-state index contributed by atoms with van der Waals surface area (Å²) in [6.45, 7) is 9.12. The van der Waals surface area contributed by atoms with Crippen molar-refractivity contribution in [1.82, 2.24) is 4.90 Å². The van der Waals surface area contributed by atoms with Gasteiger partial charge in [0.2, 0.25) is 0 Å². The molecular formula is C13H22N4O4. The van der Waals surface area contributed by atoms with Gasteiger partial charge in [-0.1, -0.05) is 12.0 Å². The van der Waals surface area contributed by atoms with Crippen LogP contribution in [0.5, 0.6) is 0 Å². The molecule has 8 nitrogen and oxygen atoms in total. The van der Waals surface area contributed by atoms with Gasteiger partial charge in [-0.2, -0.15) is 0 Å². The SMILES string of the molecule is CCOC(=O)[C@]1(N=[N+]=[N-])CN(C(=O)OC(C)(C)C)C[C@@H]1C. The minimum absolute atomic E-state index is 0.0357. The Hall–Kier alpha value is -1.95. The zero-order chi connectivity index (χ0) is 16.3. The fourth-order valence-electron chi connectivity index (χ4n) is 2.23. The van der Waals surface area contributed by atoms with E-state index >= 15 is 0 Å². The second-order valence-corrected chi connectivity index (χ2v) is 6.10. The Morgan fingerprint density at radius 1 is 1.48 bits per heavy atom. The van der Waals surface area contributed by atoms with E-state index in [9.17, 15) is 9.59 Å². The molecule has 118 valence electrons. The summed E-state index contributed by atoms with van der Waals surface area (Å²) in [6.07, 6.45) is -0.534. The number of azide groups is 1. The number of hydrogen-bond acceptors (Lipinski definition) is 5. The number of rotatable bonds is 3. The van der Waals surface area contributed by atoms with Crippen LogP contribution in [0.15, 0.2) is 5.11 Å². The van der Waals surface area contributed by atoms with E-state index in [1.165, 1.54) is 4.90 Å². The molecule has 1 amide bonds. The zero-order valence-electron chi connectivity index (χ0n) is 13.1. The Labute approximate surface area is 124 Å². The third kappa shape index (κ3) is 3.78. The molecule has 1 aliphatic heterocycles. The lowest BCUT2D eigenvalue weighted by molar-refractivity contribution is -0.150. The summed E-state index contributed by atoms with van der Waals surface area (Å²) >= 11 is 0. The van der Waals surface area contributed by atoms with Gasteiger partial charge in [-0.05, 0) is 39.1 Å². The fourth-order valence-corrected chi connectivity index (χ4v) is 2.23. The molecule has 21 heavy (non-hydrogen) atoms. The van der Waals surface area contributed by atoms with Crippen LogP contribution in [-0.2, 0) is 14.3 Å². The molecular weight excluding hydrogens is 276 g/mol. The van der Waals surface area contributed by atoms with Crippen LogP contribution in [0.4, 0.5) is 4.79 Å². The van der Waals surface area contributed by atoms with Gasteiger partial charge in [0.25, 0.3) is 0 Å². The van der Waals surface area contributed by atoms with E-state index in [-0.39, 0.29) is 25.6 Å². The quantitative estimate of drug-likeness (QED) is 0.345. The largest absolute Gasteiger partial charge is 0.465 e. The number of amides is 1. The smallest absolute Gasteiger partial charge is 0.410 e. The van der Waals surface area contributed by atoms with Gasteiger partial charge in [0.05, 0.1) is 6.61 Å². The van der Waals surface area contributed by atoms with Gasteiger partial charge in [-0.15, -0.1) is 0 Å². The Bertz CT molecular complexity index is 467. The monoisotopic (exact) mass is 298 g/mol. The van der Waals surface area contributed by atoms with E-state index in [0.29, 0.717) is 0 Å². The van der Waals surface area contributed by atoms with Crippen molar-refractivity contribution in [3.63, 3.8) is 0 Å². The highest BCUT2D eigenvalue weighted by Crippen LogP contribution is 2.33. The van der Waals surface area contributed by atoms with E-state index in [2.05, 4.69) is 10.0 Å². The summed E-state index contributed by atoms with van der Waals surface area (Å²) in [5, 5.41) is 3.64. The van der Waals surface area contributed by atoms with Crippen molar-refractivity contribution in [3.8, 4) is 0 Å². The highest BCUT2D eigenvalue weighted by molar-refractivity contribution is 5.84. The van der Waals surface area contributed by atoms with Crippen LogP contribution in [0.2, 0.25) is 0 Å². The lowest BCUT2D eigenvalue weighted by Crippen LogP contribution is -2.45. The fraction of sp³-hybridized carbons (Fsp3) is 0.846. The molecule has 0 aromatic rings. The maximum Gasteiger partial charge on any atom is 0.410 e. The lowest BCUT2D eigenvalue weighted by Gasteiger charge is -2.26. The van der Waals surface area contributed by atoms with E-state index in [1.54, 1.807) is 34.6 Å². The molecule has 1 aliphatic rings.